The minimum Gasteiger partial charge on any atom is -0.508 e. The van der Waals surface area contributed by atoms with E-state index in [0.717, 1.165) is 12.0 Å². The first-order chi connectivity index (χ1) is 10.2. The van der Waals surface area contributed by atoms with Gasteiger partial charge >= 0.3 is 6.09 Å². The van der Waals surface area contributed by atoms with E-state index in [2.05, 4.69) is 0 Å². The van der Waals surface area contributed by atoms with E-state index < -0.39 is 5.60 Å². The van der Waals surface area contributed by atoms with Gasteiger partial charge in [-0.05, 0) is 51.8 Å². The molecule has 1 aliphatic rings. The Labute approximate surface area is 131 Å². The molecule has 0 bridgehead atoms. The summed E-state index contributed by atoms with van der Waals surface area (Å²) in [6, 6.07) is 6.95. The second kappa shape index (κ2) is 6.16. The number of nitrogens with zero attached hydrogens (tertiary/aromatic N) is 1. The topological polar surface area (TPSA) is 59.0 Å². The number of phenolic OH excluding ortho intramolecular Hbond substituents is 1. The predicted molar refractivity (Wildman–Crippen MR) is 83.7 cm³/mol. The van der Waals surface area contributed by atoms with Crippen LogP contribution in [-0.2, 0) is 16.1 Å². The molecule has 1 fully saturated rings. The van der Waals surface area contributed by atoms with Crippen LogP contribution < -0.4 is 0 Å². The lowest BCUT2D eigenvalue weighted by Gasteiger charge is -2.27. The maximum absolute atomic E-state index is 12.1. The van der Waals surface area contributed by atoms with Gasteiger partial charge in [-0.25, -0.2) is 4.79 Å². The van der Waals surface area contributed by atoms with Crippen LogP contribution in [0.4, 0.5) is 4.79 Å². The molecule has 1 unspecified atom stereocenters. The number of carbonyl (C=O) groups excluding carboxylic acids is 1. The van der Waals surface area contributed by atoms with Gasteiger partial charge in [0.2, 0.25) is 0 Å². The van der Waals surface area contributed by atoms with Crippen LogP contribution in [-0.4, -0.2) is 40.4 Å². The highest BCUT2D eigenvalue weighted by atomic mass is 16.6. The summed E-state index contributed by atoms with van der Waals surface area (Å²) in [6.07, 6.45) is 0.495. The monoisotopic (exact) mass is 307 g/mol. The van der Waals surface area contributed by atoms with E-state index >= 15 is 0 Å². The summed E-state index contributed by atoms with van der Waals surface area (Å²) in [7, 11) is 0. The predicted octanol–water partition coefficient (Wildman–Crippen LogP) is 3.31. The molecule has 0 radical (unpaired) electrons. The van der Waals surface area contributed by atoms with Gasteiger partial charge in [-0.1, -0.05) is 12.1 Å². The molecule has 1 aliphatic heterocycles. The number of amides is 1. The zero-order valence-corrected chi connectivity index (χ0v) is 13.8. The van der Waals surface area contributed by atoms with Gasteiger partial charge in [-0.15, -0.1) is 0 Å². The van der Waals surface area contributed by atoms with E-state index in [1.54, 1.807) is 17.0 Å². The molecule has 5 heteroatoms. The molecule has 0 saturated carbocycles. The zero-order chi connectivity index (χ0) is 16.4. The van der Waals surface area contributed by atoms with Gasteiger partial charge in [0, 0.05) is 6.54 Å². The van der Waals surface area contributed by atoms with Crippen LogP contribution in [0.15, 0.2) is 24.3 Å². The molecule has 5 nitrogen and oxygen atoms in total. The highest BCUT2D eigenvalue weighted by Crippen LogP contribution is 2.27. The molecule has 1 aromatic carbocycles. The average molecular weight is 307 g/mol. The SMILES string of the molecule is CC(C)(C)OC(=O)N1CCC(C)(OCc2ccc(O)cc2)C1. The number of phenols is 1. The van der Waals surface area contributed by atoms with E-state index in [1.165, 1.54) is 0 Å². The molecule has 1 aromatic rings. The molecule has 0 spiro atoms. The standard InChI is InChI=1S/C17H25NO4/c1-16(2,3)22-15(20)18-10-9-17(4,12-18)21-11-13-5-7-14(19)8-6-13/h5-8,19H,9-12H2,1-4H3. The Morgan fingerprint density at radius 1 is 1.32 bits per heavy atom. The van der Waals surface area contributed by atoms with Crippen molar-refractivity contribution in [1.82, 2.24) is 4.90 Å². The first kappa shape index (κ1) is 16.6. The van der Waals surface area contributed by atoms with Crippen molar-refractivity contribution in [2.24, 2.45) is 0 Å². The number of aromatic hydroxyl groups is 1. The Morgan fingerprint density at radius 2 is 1.95 bits per heavy atom. The van der Waals surface area contributed by atoms with Crippen molar-refractivity contribution in [2.45, 2.75) is 51.9 Å². The Morgan fingerprint density at radius 3 is 2.55 bits per heavy atom. The minimum absolute atomic E-state index is 0.243. The fraction of sp³-hybridized carbons (Fsp3) is 0.588. The maximum Gasteiger partial charge on any atom is 0.410 e. The Balaban J connectivity index is 1.87. The second-order valence-electron chi connectivity index (χ2n) is 7.06. The summed E-state index contributed by atoms with van der Waals surface area (Å²) in [5.41, 5.74) is 0.146. The van der Waals surface area contributed by atoms with Crippen LogP contribution in [0.25, 0.3) is 0 Å². The number of hydrogen-bond acceptors (Lipinski definition) is 4. The van der Waals surface area contributed by atoms with Crippen LogP contribution in [0.2, 0.25) is 0 Å². The van der Waals surface area contributed by atoms with Crippen molar-refractivity contribution in [3.05, 3.63) is 29.8 Å². The fourth-order valence-electron chi connectivity index (χ4n) is 2.38. The molecule has 0 aromatic heterocycles. The number of hydrogen-bond donors (Lipinski definition) is 1. The summed E-state index contributed by atoms with van der Waals surface area (Å²) in [6.45, 7) is 9.22. The third kappa shape index (κ3) is 4.63. The fourth-order valence-corrected chi connectivity index (χ4v) is 2.38. The summed E-state index contributed by atoms with van der Waals surface area (Å²) < 4.78 is 11.4. The van der Waals surface area contributed by atoms with Crippen LogP contribution in [0.1, 0.15) is 39.7 Å². The summed E-state index contributed by atoms with van der Waals surface area (Å²) >= 11 is 0. The lowest BCUT2D eigenvalue weighted by Crippen LogP contribution is -2.39. The van der Waals surface area contributed by atoms with Crippen LogP contribution in [0.3, 0.4) is 0 Å². The van der Waals surface area contributed by atoms with Gasteiger partial charge < -0.3 is 19.5 Å². The van der Waals surface area contributed by atoms with Crippen LogP contribution in [0, 0.1) is 0 Å². The average Bonchev–Trinajstić information content (AvgIpc) is 2.80. The van der Waals surface area contributed by atoms with Crippen LogP contribution >= 0.6 is 0 Å². The number of likely N-dealkylation sites (tertiary alicyclic amines) is 1. The number of benzene rings is 1. The van der Waals surface area contributed by atoms with Gasteiger partial charge in [0.1, 0.15) is 11.4 Å². The Kier molecular flexibility index (Phi) is 4.66. The molecular weight excluding hydrogens is 282 g/mol. The third-order valence-corrected chi connectivity index (χ3v) is 3.61. The van der Waals surface area contributed by atoms with E-state index in [0.29, 0.717) is 19.7 Å². The van der Waals surface area contributed by atoms with E-state index in [9.17, 15) is 9.90 Å². The first-order valence-electron chi connectivity index (χ1n) is 7.57. The summed E-state index contributed by atoms with van der Waals surface area (Å²) in [5, 5.41) is 9.28. The van der Waals surface area contributed by atoms with E-state index in [4.69, 9.17) is 9.47 Å². The molecule has 1 atom stereocenters. The molecule has 22 heavy (non-hydrogen) atoms. The zero-order valence-electron chi connectivity index (χ0n) is 13.8. The molecule has 1 amide bonds. The normalized spacial score (nSPS) is 21.9. The molecule has 1 saturated heterocycles. The quantitative estimate of drug-likeness (QED) is 0.930. The summed E-state index contributed by atoms with van der Waals surface area (Å²) in [5.74, 6) is 0.243. The highest BCUT2D eigenvalue weighted by molar-refractivity contribution is 5.68. The van der Waals surface area contributed by atoms with Crippen molar-refractivity contribution < 1.29 is 19.4 Å². The van der Waals surface area contributed by atoms with E-state index in [1.807, 2.05) is 39.8 Å². The summed E-state index contributed by atoms with van der Waals surface area (Å²) in [4.78, 5) is 13.8. The van der Waals surface area contributed by atoms with Gasteiger partial charge in [-0.3, -0.25) is 0 Å². The lowest BCUT2D eigenvalue weighted by atomic mass is 10.1. The van der Waals surface area contributed by atoms with Crippen molar-refractivity contribution in [1.29, 1.82) is 0 Å². The second-order valence-corrected chi connectivity index (χ2v) is 7.06. The first-order valence-corrected chi connectivity index (χ1v) is 7.57. The van der Waals surface area contributed by atoms with Gasteiger partial charge in [0.25, 0.3) is 0 Å². The molecule has 1 heterocycles. The van der Waals surface area contributed by atoms with Crippen molar-refractivity contribution in [3.63, 3.8) is 0 Å². The molecule has 1 N–H and O–H groups in total. The van der Waals surface area contributed by atoms with Gasteiger partial charge in [-0.2, -0.15) is 0 Å². The largest absolute Gasteiger partial charge is 0.508 e. The number of ether oxygens (including phenoxy) is 2. The molecule has 122 valence electrons. The minimum atomic E-state index is -0.483. The number of carbonyl (C=O) groups is 1. The van der Waals surface area contributed by atoms with Gasteiger partial charge in [0.05, 0.1) is 18.8 Å². The lowest BCUT2D eigenvalue weighted by molar-refractivity contribution is -0.0374. The molecule has 0 aliphatic carbocycles. The van der Waals surface area contributed by atoms with E-state index in [-0.39, 0.29) is 17.4 Å². The third-order valence-electron chi connectivity index (χ3n) is 3.61. The van der Waals surface area contributed by atoms with Crippen molar-refractivity contribution >= 4 is 6.09 Å². The smallest absolute Gasteiger partial charge is 0.410 e. The van der Waals surface area contributed by atoms with Crippen molar-refractivity contribution in [2.75, 3.05) is 13.1 Å². The Hall–Kier alpha value is -1.75. The van der Waals surface area contributed by atoms with Crippen molar-refractivity contribution in [3.8, 4) is 5.75 Å². The number of rotatable bonds is 3. The molecular formula is C17H25NO4. The highest BCUT2D eigenvalue weighted by Gasteiger charge is 2.38. The van der Waals surface area contributed by atoms with Gasteiger partial charge in [0.15, 0.2) is 0 Å². The van der Waals surface area contributed by atoms with Crippen LogP contribution in [0.5, 0.6) is 5.75 Å². The Bertz CT molecular complexity index is 520. The maximum atomic E-state index is 12.1. The molecule has 2 rings (SSSR count).